The summed E-state index contributed by atoms with van der Waals surface area (Å²) in [7, 11) is 0. The summed E-state index contributed by atoms with van der Waals surface area (Å²) < 4.78 is 51.1. The van der Waals surface area contributed by atoms with Gasteiger partial charge < -0.3 is 5.32 Å². The summed E-state index contributed by atoms with van der Waals surface area (Å²) in [6, 6.07) is 2.56. The van der Waals surface area contributed by atoms with Crippen molar-refractivity contribution in [3.8, 4) is 0 Å². The van der Waals surface area contributed by atoms with Crippen LogP contribution >= 0.6 is 0 Å². The molecule has 1 aliphatic rings. The van der Waals surface area contributed by atoms with Crippen LogP contribution in [0.2, 0.25) is 0 Å². The van der Waals surface area contributed by atoms with Crippen LogP contribution in [-0.4, -0.2) is 31.1 Å². The molecular weight excluding hydrogens is 248 g/mol. The van der Waals surface area contributed by atoms with Gasteiger partial charge in [-0.05, 0) is 18.2 Å². The van der Waals surface area contributed by atoms with E-state index in [0.29, 0.717) is 0 Å². The maximum atomic E-state index is 13.5. The zero-order valence-corrected chi connectivity index (χ0v) is 9.73. The SMILES string of the molecule is Fc1ccc(C(F)(F)F)cc1CN1CCNCC1. The first kappa shape index (κ1) is 13.3. The molecule has 0 bridgehead atoms. The average molecular weight is 262 g/mol. The maximum Gasteiger partial charge on any atom is 0.416 e. The van der Waals surface area contributed by atoms with E-state index in [2.05, 4.69) is 5.32 Å². The Morgan fingerprint density at radius 3 is 2.44 bits per heavy atom. The van der Waals surface area contributed by atoms with Crippen molar-refractivity contribution in [2.45, 2.75) is 12.7 Å². The Morgan fingerprint density at radius 2 is 1.83 bits per heavy atom. The van der Waals surface area contributed by atoms with Gasteiger partial charge in [0, 0.05) is 38.3 Å². The van der Waals surface area contributed by atoms with E-state index in [1.807, 2.05) is 4.90 Å². The second kappa shape index (κ2) is 5.24. The van der Waals surface area contributed by atoms with Crippen molar-refractivity contribution >= 4 is 0 Å². The number of nitrogens with one attached hydrogen (secondary N) is 1. The number of rotatable bonds is 2. The third-order valence-corrected chi connectivity index (χ3v) is 2.98. The van der Waals surface area contributed by atoms with E-state index in [4.69, 9.17) is 0 Å². The van der Waals surface area contributed by atoms with E-state index >= 15 is 0 Å². The van der Waals surface area contributed by atoms with Crippen LogP contribution in [0.25, 0.3) is 0 Å². The number of piperazine rings is 1. The molecule has 2 rings (SSSR count). The molecule has 0 saturated carbocycles. The highest BCUT2D eigenvalue weighted by atomic mass is 19.4. The Kier molecular flexibility index (Phi) is 3.87. The minimum Gasteiger partial charge on any atom is -0.314 e. The molecule has 0 radical (unpaired) electrons. The minimum absolute atomic E-state index is 0.103. The van der Waals surface area contributed by atoms with Gasteiger partial charge in [-0.15, -0.1) is 0 Å². The number of hydrogen-bond donors (Lipinski definition) is 1. The van der Waals surface area contributed by atoms with Crippen LogP contribution in [0.5, 0.6) is 0 Å². The molecule has 0 amide bonds. The maximum absolute atomic E-state index is 13.5. The molecule has 6 heteroatoms. The molecule has 1 heterocycles. The van der Waals surface area contributed by atoms with Gasteiger partial charge in [0.2, 0.25) is 0 Å². The summed E-state index contributed by atoms with van der Waals surface area (Å²) in [5, 5.41) is 3.14. The predicted octanol–water partition coefficient (Wildman–Crippen LogP) is 2.25. The lowest BCUT2D eigenvalue weighted by Gasteiger charge is -2.27. The van der Waals surface area contributed by atoms with Crippen LogP contribution in [0.4, 0.5) is 17.6 Å². The highest BCUT2D eigenvalue weighted by Crippen LogP contribution is 2.30. The second-order valence-electron chi connectivity index (χ2n) is 4.33. The number of halogens is 4. The Labute approximate surface area is 103 Å². The van der Waals surface area contributed by atoms with Gasteiger partial charge in [0.25, 0.3) is 0 Å². The van der Waals surface area contributed by atoms with Crippen molar-refractivity contribution in [2.75, 3.05) is 26.2 Å². The van der Waals surface area contributed by atoms with E-state index in [9.17, 15) is 17.6 Å². The largest absolute Gasteiger partial charge is 0.416 e. The van der Waals surface area contributed by atoms with Gasteiger partial charge in [-0.1, -0.05) is 0 Å². The van der Waals surface area contributed by atoms with Gasteiger partial charge in [-0.3, -0.25) is 4.90 Å². The van der Waals surface area contributed by atoms with Gasteiger partial charge in [-0.25, -0.2) is 4.39 Å². The van der Waals surface area contributed by atoms with E-state index in [1.165, 1.54) is 0 Å². The van der Waals surface area contributed by atoms with Crippen LogP contribution in [-0.2, 0) is 12.7 Å². The molecule has 0 aliphatic carbocycles. The molecular formula is C12H14F4N2. The molecule has 1 aliphatic heterocycles. The molecule has 0 spiro atoms. The number of benzene rings is 1. The molecule has 0 atom stereocenters. The summed E-state index contributed by atoms with van der Waals surface area (Å²) in [5.74, 6) is -0.582. The number of nitrogens with zero attached hydrogens (tertiary/aromatic N) is 1. The topological polar surface area (TPSA) is 15.3 Å². The molecule has 1 aromatic rings. The Morgan fingerprint density at radius 1 is 1.17 bits per heavy atom. The lowest BCUT2D eigenvalue weighted by atomic mass is 10.1. The van der Waals surface area contributed by atoms with E-state index in [1.54, 1.807) is 0 Å². The third kappa shape index (κ3) is 3.20. The van der Waals surface area contributed by atoms with Crippen LogP contribution in [0.1, 0.15) is 11.1 Å². The van der Waals surface area contributed by atoms with Crippen molar-refractivity contribution in [3.63, 3.8) is 0 Å². The molecule has 1 N–H and O–H groups in total. The zero-order chi connectivity index (χ0) is 13.2. The first-order valence-corrected chi connectivity index (χ1v) is 5.75. The van der Waals surface area contributed by atoms with Crippen LogP contribution in [0.15, 0.2) is 18.2 Å². The first-order chi connectivity index (χ1) is 8.47. The van der Waals surface area contributed by atoms with Crippen LogP contribution < -0.4 is 5.32 Å². The second-order valence-corrected chi connectivity index (χ2v) is 4.33. The zero-order valence-electron chi connectivity index (χ0n) is 9.73. The molecule has 18 heavy (non-hydrogen) atoms. The van der Waals surface area contributed by atoms with E-state index in [-0.39, 0.29) is 12.1 Å². The summed E-state index contributed by atoms with van der Waals surface area (Å²) in [6.07, 6.45) is -4.42. The lowest BCUT2D eigenvalue weighted by molar-refractivity contribution is -0.137. The summed E-state index contributed by atoms with van der Waals surface area (Å²) in [5.41, 5.74) is -0.694. The van der Waals surface area contributed by atoms with Crippen molar-refractivity contribution in [2.24, 2.45) is 0 Å². The molecule has 100 valence electrons. The van der Waals surface area contributed by atoms with Crippen molar-refractivity contribution in [1.29, 1.82) is 0 Å². The smallest absolute Gasteiger partial charge is 0.314 e. The van der Waals surface area contributed by atoms with E-state index < -0.39 is 17.6 Å². The molecule has 2 nitrogen and oxygen atoms in total. The van der Waals surface area contributed by atoms with Gasteiger partial charge in [0.05, 0.1) is 5.56 Å². The standard InChI is InChI=1S/C12H14F4N2/c13-11-2-1-10(12(14,15)16)7-9(11)8-18-5-3-17-4-6-18/h1-2,7,17H,3-6,8H2. The van der Waals surface area contributed by atoms with Crippen molar-refractivity contribution in [1.82, 2.24) is 10.2 Å². The molecule has 0 aromatic heterocycles. The average Bonchev–Trinajstić information content (AvgIpc) is 2.32. The van der Waals surface area contributed by atoms with Crippen LogP contribution in [0, 0.1) is 5.82 Å². The summed E-state index contributed by atoms with van der Waals surface area (Å²) in [4.78, 5) is 1.94. The molecule has 1 aromatic carbocycles. The predicted molar refractivity (Wildman–Crippen MR) is 59.5 cm³/mol. The third-order valence-electron chi connectivity index (χ3n) is 2.98. The fourth-order valence-electron chi connectivity index (χ4n) is 1.98. The summed E-state index contributed by atoms with van der Waals surface area (Å²) >= 11 is 0. The van der Waals surface area contributed by atoms with Crippen molar-refractivity contribution < 1.29 is 17.6 Å². The molecule has 1 fully saturated rings. The number of alkyl halides is 3. The Balaban J connectivity index is 2.15. The minimum atomic E-state index is -4.42. The van der Waals surface area contributed by atoms with Gasteiger partial charge in [-0.2, -0.15) is 13.2 Å². The Hall–Kier alpha value is -1.14. The summed E-state index contributed by atoms with van der Waals surface area (Å²) in [6.45, 7) is 3.21. The highest BCUT2D eigenvalue weighted by molar-refractivity contribution is 5.27. The van der Waals surface area contributed by atoms with Crippen molar-refractivity contribution in [3.05, 3.63) is 35.1 Å². The normalized spacial score (nSPS) is 18.0. The number of hydrogen-bond acceptors (Lipinski definition) is 2. The fraction of sp³-hybridized carbons (Fsp3) is 0.500. The van der Waals surface area contributed by atoms with Crippen LogP contribution in [0.3, 0.4) is 0 Å². The molecule has 0 unspecified atom stereocenters. The first-order valence-electron chi connectivity index (χ1n) is 5.75. The highest BCUT2D eigenvalue weighted by Gasteiger charge is 2.31. The molecule has 1 saturated heterocycles. The fourth-order valence-corrected chi connectivity index (χ4v) is 1.98. The monoisotopic (exact) mass is 262 g/mol. The Bertz CT molecular complexity index is 411. The van der Waals surface area contributed by atoms with Gasteiger partial charge in [0.1, 0.15) is 5.82 Å². The van der Waals surface area contributed by atoms with Gasteiger partial charge >= 0.3 is 6.18 Å². The lowest BCUT2D eigenvalue weighted by Crippen LogP contribution is -2.43. The van der Waals surface area contributed by atoms with Gasteiger partial charge in [0.15, 0.2) is 0 Å². The quantitative estimate of drug-likeness (QED) is 0.822. The van der Waals surface area contributed by atoms with E-state index in [0.717, 1.165) is 44.4 Å².